The van der Waals surface area contributed by atoms with Crippen molar-refractivity contribution in [2.24, 2.45) is 0 Å². The summed E-state index contributed by atoms with van der Waals surface area (Å²) in [5.74, 6) is -0.387. The number of carbonyl (C=O) groups is 2. The molecule has 2 atom stereocenters. The number of anilines is 2. The lowest BCUT2D eigenvalue weighted by molar-refractivity contribution is -0.384. The molecule has 0 saturated carbocycles. The maximum atomic E-state index is 14.5. The Labute approximate surface area is 264 Å². The Morgan fingerprint density at radius 2 is 1.70 bits per heavy atom. The Hall–Kier alpha value is -4.53. The Balaban J connectivity index is 1.43. The third kappa shape index (κ3) is 5.36. The van der Waals surface area contributed by atoms with Gasteiger partial charge in [-0.3, -0.25) is 24.6 Å². The van der Waals surface area contributed by atoms with Gasteiger partial charge in [0.15, 0.2) is 0 Å². The van der Waals surface area contributed by atoms with Crippen LogP contribution >= 0.6 is 22.9 Å². The number of benzene rings is 4. The van der Waals surface area contributed by atoms with Gasteiger partial charge in [0.25, 0.3) is 17.5 Å². The molecule has 7 nitrogen and oxygen atoms in total. The fourth-order valence-electron chi connectivity index (χ4n) is 6.02. The topological polar surface area (TPSA) is 83.8 Å². The summed E-state index contributed by atoms with van der Waals surface area (Å²) in [5.41, 5.74) is 4.05. The zero-order valence-corrected chi connectivity index (χ0v) is 25.8. The maximum absolute atomic E-state index is 14.5. The van der Waals surface area contributed by atoms with Crippen molar-refractivity contribution < 1.29 is 14.5 Å². The Morgan fingerprint density at radius 3 is 2.41 bits per heavy atom. The number of halogens is 1. The van der Waals surface area contributed by atoms with Crippen LogP contribution in [0.5, 0.6) is 0 Å². The van der Waals surface area contributed by atoms with Gasteiger partial charge in [-0.25, -0.2) is 0 Å². The highest BCUT2D eigenvalue weighted by Gasteiger charge is 2.40. The van der Waals surface area contributed by atoms with Crippen molar-refractivity contribution >= 4 is 61.9 Å². The minimum atomic E-state index is -0.461. The van der Waals surface area contributed by atoms with Crippen LogP contribution in [0, 0.1) is 10.1 Å². The van der Waals surface area contributed by atoms with Crippen molar-refractivity contribution in [2.45, 2.75) is 45.2 Å². The molecule has 0 N–H and O–H groups in total. The average Bonchev–Trinajstić information content (AvgIpc) is 3.37. The van der Waals surface area contributed by atoms with E-state index in [1.165, 1.54) is 17.7 Å². The van der Waals surface area contributed by atoms with Crippen LogP contribution in [0.3, 0.4) is 0 Å². The smallest absolute Gasteiger partial charge is 0.270 e. The lowest BCUT2D eigenvalue weighted by atomic mass is 9.89. The number of fused-ring (bicyclic) bond motifs is 2. The average molecular weight is 624 g/mol. The molecule has 0 radical (unpaired) electrons. The number of nitrogens with zero attached hydrogens (tertiary/aromatic N) is 3. The van der Waals surface area contributed by atoms with E-state index in [0.717, 1.165) is 35.4 Å². The standard InChI is InChI=1S/C35H30ClN3O4S/c1-3-9-23-14-16-24(17-15-23)34(40)37-22(2)20-30(27-12-7-8-13-29(27)37)38(25-10-5-4-6-11-25)35(41)33-32(36)28-19-18-26(39(42)43)21-31(28)44-33/h4-8,10-19,21-22,30H,3,9,20H2,1-2H3/t22-,30-/m1/s1. The molecule has 1 aromatic heterocycles. The number of aryl methyl sites for hydroxylation is 1. The van der Waals surface area contributed by atoms with Crippen LogP contribution in [-0.2, 0) is 6.42 Å². The summed E-state index contributed by atoms with van der Waals surface area (Å²) >= 11 is 7.93. The molecule has 0 spiro atoms. The van der Waals surface area contributed by atoms with Crippen LogP contribution in [0.15, 0.2) is 97.1 Å². The molecule has 9 heteroatoms. The molecule has 0 saturated heterocycles. The van der Waals surface area contributed by atoms with Crippen molar-refractivity contribution in [1.82, 2.24) is 0 Å². The number of carbonyl (C=O) groups excluding carboxylic acids is 2. The van der Waals surface area contributed by atoms with Gasteiger partial charge >= 0.3 is 0 Å². The molecule has 0 bridgehead atoms. The third-order valence-electron chi connectivity index (χ3n) is 8.10. The van der Waals surface area contributed by atoms with Gasteiger partial charge in [0.2, 0.25) is 0 Å². The first kappa shape index (κ1) is 29.5. The number of nitro benzene ring substituents is 1. The summed E-state index contributed by atoms with van der Waals surface area (Å²) in [7, 11) is 0. The highest BCUT2D eigenvalue weighted by Crippen LogP contribution is 2.45. The van der Waals surface area contributed by atoms with Crippen molar-refractivity contribution in [1.29, 1.82) is 0 Å². The molecule has 2 heterocycles. The zero-order valence-electron chi connectivity index (χ0n) is 24.3. The summed E-state index contributed by atoms with van der Waals surface area (Å²) in [6, 6.07) is 28.7. The number of nitro groups is 1. The van der Waals surface area contributed by atoms with Gasteiger partial charge in [0.1, 0.15) is 4.88 Å². The van der Waals surface area contributed by atoms with Crippen LogP contribution in [0.4, 0.5) is 17.1 Å². The van der Waals surface area contributed by atoms with Crippen LogP contribution in [0.1, 0.15) is 63.9 Å². The van der Waals surface area contributed by atoms with Gasteiger partial charge < -0.3 is 4.90 Å². The first-order valence-corrected chi connectivity index (χ1v) is 15.7. The van der Waals surface area contributed by atoms with Gasteiger partial charge in [-0.1, -0.05) is 73.5 Å². The molecule has 4 aromatic carbocycles. The van der Waals surface area contributed by atoms with Gasteiger partial charge in [-0.05, 0) is 67.3 Å². The molecule has 0 fully saturated rings. The molecule has 1 aliphatic heterocycles. The largest absolute Gasteiger partial charge is 0.305 e. The van der Waals surface area contributed by atoms with Crippen LogP contribution in [-0.4, -0.2) is 22.8 Å². The van der Waals surface area contributed by atoms with Crippen molar-refractivity contribution in [3.63, 3.8) is 0 Å². The summed E-state index contributed by atoms with van der Waals surface area (Å²) in [6.07, 6.45) is 2.49. The summed E-state index contributed by atoms with van der Waals surface area (Å²) in [5, 5.41) is 12.3. The van der Waals surface area contributed by atoms with E-state index in [4.69, 9.17) is 11.6 Å². The van der Waals surface area contributed by atoms with E-state index in [9.17, 15) is 19.7 Å². The van der Waals surface area contributed by atoms with Crippen LogP contribution in [0.25, 0.3) is 10.1 Å². The normalized spacial score (nSPS) is 16.0. The number of non-ortho nitro benzene ring substituents is 1. The third-order valence-corrected chi connectivity index (χ3v) is 9.75. The summed E-state index contributed by atoms with van der Waals surface area (Å²) < 4.78 is 0.569. The molecule has 222 valence electrons. The molecular formula is C35H30ClN3O4S. The fraction of sp³-hybridized carbons (Fsp3) is 0.200. The monoisotopic (exact) mass is 623 g/mol. The number of thiophene rings is 1. The maximum Gasteiger partial charge on any atom is 0.270 e. The molecule has 44 heavy (non-hydrogen) atoms. The Morgan fingerprint density at radius 1 is 1.00 bits per heavy atom. The van der Waals surface area contributed by atoms with E-state index in [1.54, 1.807) is 11.0 Å². The van der Waals surface area contributed by atoms with Crippen molar-refractivity contribution in [3.05, 3.63) is 134 Å². The van der Waals surface area contributed by atoms with Crippen molar-refractivity contribution in [3.8, 4) is 0 Å². The summed E-state index contributed by atoms with van der Waals surface area (Å²) in [6.45, 7) is 4.14. The van der Waals surface area contributed by atoms with Crippen molar-refractivity contribution in [2.75, 3.05) is 9.80 Å². The quantitative estimate of drug-likeness (QED) is 0.134. The zero-order chi connectivity index (χ0) is 31.0. The molecule has 2 amide bonds. The highest BCUT2D eigenvalue weighted by atomic mass is 35.5. The van der Waals surface area contributed by atoms with E-state index in [0.29, 0.717) is 32.6 Å². The summed E-state index contributed by atoms with van der Waals surface area (Å²) in [4.78, 5) is 43.3. The van der Waals surface area contributed by atoms with Gasteiger partial charge in [-0.2, -0.15) is 0 Å². The second-order valence-corrected chi connectivity index (χ2v) is 12.4. The van der Waals surface area contributed by atoms with Crippen LogP contribution < -0.4 is 9.80 Å². The molecule has 6 rings (SSSR count). The van der Waals surface area contributed by atoms with E-state index in [2.05, 4.69) is 6.92 Å². The number of amides is 2. The Bertz CT molecular complexity index is 1870. The molecule has 0 unspecified atom stereocenters. The van der Waals surface area contributed by atoms with Gasteiger partial charge in [0.05, 0.1) is 16.0 Å². The molecule has 5 aromatic rings. The lowest BCUT2D eigenvalue weighted by Gasteiger charge is -2.43. The SMILES string of the molecule is CCCc1ccc(C(=O)N2c3ccccc3[C@H](N(C(=O)c3sc4cc([N+](=O)[O-])ccc4c3Cl)c3ccccc3)C[C@H]2C)cc1. The fourth-order valence-corrected chi connectivity index (χ4v) is 7.50. The molecular weight excluding hydrogens is 594 g/mol. The first-order chi connectivity index (χ1) is 21.3. The Kier molecular flexibility index (Phi) is 8.21. The van der Waals surface area contributed by atoms with E-state index in [1.807, 2.05) is 90.7 Å². The minimum absolute atomic E-state index is 0.0610. The van der Waals surface area contributed by atoms with Crippen LogP contribution in [0.2, 0.25) is 5.02 Å². The number of para-hydroxylation sites is 2. The number of hydrogen-bond acceptors (Lipinski definition) is 5. The first-order valence-electron chi connectivity index (χ1n) is 14.5. The van der Waals surface area contributed by atoms with Gasteiger partial charge in [0, 0.05) is 45.2 Å². The van der Waals surface area contributed by atoms with E-state index >= 15 is 0 Å². The van der Waals surface area contributed by atoms with Gasteiger partial charge in [-0.15, -0.1) is 11.3 Å². The number of hydrogen-bond donors (Lipinski definition) is 0. The second-order valence-electron chi connectivity index (χ2n) is 11.0. The predicted octanol–water partition coefficient (Wildman–Crippen LogP) is 9.24. The lowest BCUT2D eigenvalue weighted by Crippen LogP contribution is -2.47. The van der Waals surface area contributed by atoms with E-state index in [-0.39, 0.29) is 28.6 Å². The van der Waals surface area contributed by atoms with E-state index < -0.39 is 11.0 Å². The second kappa shape index (κ2) is 12.2. The number of rotatable bonds is 7. The predicted molar refractivity (Wildman–Crippen MR) is 177 cm³/mol. The molecule has 1 aliphatic rings. The highest BCUT2D eigenvalue weighted by molar-refractivity contribution is 7.21. The molecule has 0 aliphatic carbocycles. The minimum Gasteiger partial charge on any atom is -0.305 e.